The van der Waals surface area contributed by atoms with Crippen LogP contribution in [0.15, 0.2) is 42.5 Å². The number of aryl methyl sites for hydroxylation is 1. The number of hydrogen-bond donors (Lipinski definition) is 2. The first-order valence-electron chi connectivity index (χ1n) is 9.95. The van der Waals surface area contributed by atoms with Gasteiger partial charge in [-0.3, -0.25) is 20.4 Å². The van der Waals surface area contributed by atoms with E-state index in [-0.39, 0.29) is 12.5 Å². The lowest BCUT2D eigenvalue weighted by atomic mass is 10.0. The Morgan fingerprint density at radius 3 is 2.45 bits per heavy atom. The highest BCUT2D eigenvalue weighted by Crippen LogP contribution is 2.35. The van der Waals surface area contributed by atoms with Crippen molar-refractivity contribution in [1.82, 2.24) is 10.9 Å². The van der Waals surface area contributed by atoms with Crippen molar-refractivity contribution in [2.24, 2.45) is 0 Å². The van der Waals surface area contributed by atoms with Gasteiger partial charge in [0.2, 0.25) is 0 Å². The number of nitrogens with one attached hydrogen (secondary N) is 2. The number of ether oxygens (including phenoxy) is 3. The van der Waals surface area contributed by atoms with Crippen molar-refractivity contribution >= 4 is 23.6 Å². The van der Waals surface area contributed by atoms with Crippen LogP contribution >= 0.6 is 0 Å². The van der Waals surface area contributed by atoms with E-state index in [4.69, 9.17) is 14.2 Å². The second kappa shape index (κ2) is 10.4. The minimum absolute atomic E-state index is 0.171. The van der Waals surface area contributed by atoms with E-state index in [2.05, 4.69) is 16.9 Å². The first kappa shape index (κ1) is 22.0. The van der Waals surface area contributed by atoms with Gasteiger partial charge in [-0.1, -0.05) is 18.2 Å². The molecule has 0 aliphatic carbocycles. The summed E-state index contributed by atoms with van der Waals surface area (Å²) in [5.74, 6) is 0.798. The summed E-state index contributed by atoms with van der Waals surface area (Å²) in [6.45, 7) is 0.974. The Balaban J connectivity index is 1.57. The molecule has 2 amide bonds. The van der Waals surface area contributed by atoms with Crippen LogP contribution in [0.5, 0.6) is 17.2 Å². The standard InChI is InChI=1S/C23H27N3O5/c1-29-19-14-21(31-3)20(30-2)13-17(19)10-11-22(27)24-25-23(28)15-26-12-6-8-16-7-4-5-9-18(16)26/h4-5,7,9-11,13-14H,6,8,12,15H2,1-3H3,(H,24,27)(H,25,28)/b11-10+. The molecule has 31 heavy (non-hydrogen) atoms. The third-order valence-corrected chi connectivity index (χ3v) is 5.02. The molecule has 2 aromatic rings. The summed E-state index contributed by atoms with van der Waals surface area (Å²) in [6.07, 6.45) is 4.88. The maximum Gasteiger partial charge on any atom is 0.262 e. The average molecular weight is 425 g/mol. The van der Waals surface area contributed by atoms with Crippen LogP contribution < -0.4 is 30.0 Å². The van der Waals surface area contributed by atoms with E-state index >= 15 is 0 Å². The van der Waals surface area contributed by atoms with Gasteiger partial charge in [0.1, 0.15) is 5.75 Å². The predicted molar refractivity (Wildman–Crippen MR) is 118 cm³/mol. The maximum atomic E-state index is 12.3. The normalized spacial score (nSPS) is 12.8. The zero-order chi connectivity index (χ0) is 22.2. The van der Waals surface area contributed by atoms with Crippen molar-refractivity contribution < 1.29 is 23.8 Å². The van der Waals surface area contributed by atoms with Crippen molar-refractivity contribution in [1.29, 1.82) is 0 Å². The highest BCUT2D eigenvalue weighted by Gasteiger charge is 2.18. The summed E-state index contributed by atoms with van der Waals surface area (Å²) in [5.41, 5.74) is 7.80. The molecule has 0 fully saturated rings. The van der Waals surface area contributed by atoms with Gasteiger partial charge in [-0.25, -0.2) is 0 Å². The molecule has 0 unspecified atom stereocenters. The van der Waals surface area contributed by atoms with E-state index in [1.54, 1.807) is 18.2 Å². The maximum absolute atomic E-state index is 12.3. The molecule has 1 aliphatic rings. The molecule has 8 heteroatoms. The summed E-state index contributed by atoms with van der Waals surface area (Å²) in [5, 5.41) is 0. The number of carbonyl (C=O) groups excluding carboxylic acids is 2. The largest absolute Gasteiger partial charge is 0.496 e. The molecule has 2 aromatic carbocycles. The lowest BCUT2D eigenvalue weighted by molar-refractivity contribution is -0.125. The Bertz CT molecular complexity index is 974. The molecule has 0 saturated carbocycles. The van der Waals surface area contributed by atoms with Crippen molar-refractivity contribution in [3.05, 3.63) is 53.6 Å². The SMILES string of the molecule is COc1cc(OC)c(OC)cc1/C=C/C(=O)NNC(=O)CN1CCCc2ccccc21. The quantitative estimate of drug-likeness (QED) is 0.523. The van der Waals surface area contributed by atoms with E-state index in [1.807, 2.05) is 23.1 Å². The minimum Gasteiger partial charge on any atom is -0.496 e. The molecule has 1 heterocycles. The average Bonchev–Trinajstić information content (AvgIpc) is 2.81. The van der Waals surface area contributed by atoms with E-state index in [0.717, 1.165) is 25.1 Å². The number of hydrazine groups is 1. The number of carbonyl (C=O) groups is 2. The molecule has 8 nitrogen and oxygen atoms in total. The van der Waals surface area contributed by atoms with Crippen molar-refractivity contribution in [2.75, 3.05) is 39.3 Å². The van der Waals surface area contributed by atoms with E-state index < -0.39 is 5.91 Å². The predicted octanol–water partition coefficient (Wildman–Crippen LogP) is 2.33. The number of methoxy groups -OCH3 is 3. The monoisotopic (exact) mass is 425 g/mol. The molecular weight excluding hydrogens is 398 g/mol. The molecular formula is C23H27N3O5. The van der Waals surface area contributed by atoms with Gasteiger partial charge in [-0.05, 0) is 36.6 Å². The van der Waals surface area contributed by atoms with Gasteiger partial charge in [0.25, 0.3) is 11.8 Å². The molecule has 0 spiro atoms. The molecule has 0 bridgehead atoms. The Kier molecular flexibility index (Phi) is 7.37. The minimum atomic E-state index is -0.468. The number of para-hydroxylation sites is 1. The highest BCUT2D eigenvalue weighted by molar-refractivity contribution is 5.94. The molecule has 3 rings (SSSR count). The highest BCUT2D eigenvalue weighted by atomic mass is 16.5. The number of anilines is 1. The van der Waals surface area contributed by atoms with Gasteiger partial charge in [0.15, 0.2) is 11.5 Å². The van der Waals surface area contributed by atoms with Crippen LogP contribution in [0.4, 0.5) is 5.69 Å². The Hall–Kier alpha value is -3.68. The van der Waals surface area contributed by atoms with E-state index in [0.29, 0.717) is 22.8 Å². The molecule has 0 aromatic heterocycles. The number of rotatable bonds is 7. The van der Waals surface area contributed by atoms with Crippen molar-refractivity contribution in [2.45, 2.75) is 12.8 Å². The number of hydrogen-bond acceptors (Lipinski definition) is 6. The fourth-order valence-electron chi connectivity index (χ4n) is 3.51. The van der Waals surface area contributed by atoms with Crippen LogP contribution in [0.1, 0.15) is 17.5 Å². The Morgan fingerprint density at radius 1 is 1.00 bits per heavy atom. The number of fused-ring (bicyclic) bond motifs is 1. The van der Waals surface area contributed by atoms with Gasteiger partial charge < -0.3 is 19.1 Å². The molecule has 164 valence electrons. The number of benzene rings is 2. The Morgan fingerprint density at radius 2 is 1.71 bits per heavy atom. The molecule has 2 N–H and O–H groups in total. The molecule has 0 atom stereocenters. The second-order valence-electron chi connectivity index (χ2n) is 6.97. The zero-order valence-corrected chi connectivity index (χ0v) is 17.9. The topological polar surface area (TPSA) is 89.1 Å². The van der Waals surface area contributed by atoms with Crippen LogP contribution in [-0.2, 0) is 16.0 Å². The van der Waals surface area contributed by atoms with Crippen LogP contribution in [-0.4, -0.2) is 46.2 Å². The van der Waals surface area contributed by atoms with Crippen LogP contribution in [0, 0.1) is 0 Å². The zero-order valence-electron chi connectivity index (χ0n) is 17.9. The van der Waals surface area contributed by atoms with Crippen molar-refractivity contribution in [3.8, 4) is 17.2 Å². The number of nitrogens with zero attached hydrogens (tertiary/aromatic N) is 1. The fraction of sp³-hybridized carbons (Fsp3) is 0.304. The van der Waals surface area contributed by atoms with Crippen molar-refractivity contribution in [3.63, 3.8) is 0 Å². The molecule has 0 radical (unpaired) electrons. The van der Waals surface area contributed by atoms with Crippen LogP contribution in [0.3, 0.4) is 0 Å². The van der Waals surface area contributed by atoms with Crippen LogP contribution in [0.2, 0.25) is 0 Å². The Labute approximate surface area is 181 Å². The van der Waals surface area contributed by atoms with E-state index in [1.165, 1.54) is 33.0 Å². The lowest BCUT2D eigenvalue weighted by Gasteiger charge is -2.30. The third kappa shape index (κ3) is 5.48. The first-order chi connectivity index (χ1) is 15.0. The first-order valence-corrected chi connectivity index (χ1v) is 9.95. The van der Waals surface area contributed by atoms with Crippen LogP contribution in [0.25, 0.3) is 6.08 Å². The fourth-order valence-corrected chi connectivity index (χ4v) is 3.51. The van der Waals surface area contributed by atoms with Gasteiger partial charge in [0, 0.05) is 29.9 Å². The van der Waals surface area contributed by atoms with Gasteiger partial charge >= 0.3 is 0 Å². The van der Waals surface area contributed by atoms with E-state index in [9.17, 15) is 9.59 Å². The summed E-state index contributed by atoms with van der Waals surface area (Å²) in [7, 11) is 4.59. The van der Waals surface area contributed by atoms with Gasteiger partial charge in [-0.15, -0.1) is 0 Å². The third-order valence-electron chi connectivity index (χ3n) is 5.02. The second-order valence-corrected chi connectivity index (χ2v) is 6.97. The van der Waals surface area contributed by atoms with Gasteiger partial charge in [0.05, 0.1) is 27.9 Å². The summed E-state index contributed by atoms with van der Waals surface area (Å²) in [6, 6.07) is 11.4. The summed E-state index contributed by atoms with van der Waals surface area (Å²) >= 11 is 0. The molecule has 0 saturated heterocycles. The smallest absolute Gasteiger partial charge is 0.262 e. The summed E-state index contributed by atoms with van der Waals surface area (Å²) < 4.78 is 15.9. The summed E-state index contributed by atoms with van der Waals surface area (Å²) in [4.78, 5) is 26.5. The number of amides is 2. The lowest BCUT2D eigenvalue weighted by Crippen LogP contribution is -2.47. The molecule has 1 aliphatic heterocycles. The van der Waals surface area contributed by atoms with Gasteiger partial charge in [-0.2, -0.15) is 0 Å².